The molecule has 2 heterocycles. The molecule has 0 saturated heterocycles. The first-order chi connectivity index (χ1) is 13.1. The molecular formula is C21H22N4O3. The van der Waals surface area contributed by atoms with Gasteiger partial charge in [-0.1, -0.05) is 24.0 Å². The number of aliphatic imine (C=N–C) groups is 1. The number of hydrogen-bond acceptors (Lipinski definition) is 6. The fraction of sp³-hybridized carbons (Fsp3) is 0.333. The normalized spacial score (nSPS) is 14.8. The van der Waals surface area contributed by atoms with E-state index in [1.165, 1.54) is 6.33 Å². The number of aliphatic carboxylic acids is 1. The third kappa shape index (κ3) is 4.12. The van der Waals surface area contributed by atoms with Gasteiger partial charge < -0.3 is 15.6 Å². The maximum Gasteiger partial charge on any atom is 0.304 e. The van der Waals surface area contributed by atoms with Crippen LogP contribution in [0.25, 0.3) is 0 Å². The molecule has 1 aliphatic rings. The molecule has 0 aliphatic carbocycles. The maximum atomic E-state index is 10.9. The zero-order chi connectivity index (χ0) is 20.5. The van der Waals surface area contributed by atoms with E-state index in [1.807, 2.05) is 52.0 Å². The Labute approximate surface area is 163 Å². The van der Waals surface area contributed by atoms with Gasteiger partial charge in [-0.05, 0) is 39.8 Å². The summed E-state index contributed by atoms with van der Waals surface area (Å²) in [5.74, 6) is 5.83. The van der Waals surface area contributed by atoms with Gasteiger partial charge in [-0.25, -0.2) is 9.98 Å². The van der Waals surface area contributed by atoms with Crippen molar-refractivity contribution in [2.75, 3.05) is 5.73 Å². The number of hydrogen-bond donors (Lipinski definition) is 2. The number of carboxylic acid groups (broad SMARTS) is 1. The number of ether oxygens (including phenoxy) is 1. The lowest BCUT2D eigenvalue weighted by Crippen LogP contribution is -2.41. The average Bonchev–Trinajstić information content (AvgIpc) is 2.58. The van der Waals surface area contributed by atoms with Crippen LogP contribution in [0.5, 0.6) is 5.88 Å². The number of carbonyl (C=O) groups is 1. The monoisotopic (exact) mass is 378 g/mol. The molecule has 7 nitrogen and oxygen atoms in total. The van der Waals surface area contributed by atoms with Crippen molar-refractivity contribution in [2.24, 2.45) is 10.4 Å². The molecule has 1 aromatic heterocycles. The van der Waals surface area contributed by atoms with Crippen molar-refractivity contribution >= 4 is 23.2 Å². The number of aromatic nitrogens is 2. The Hall–Kier alpha value is -3.40. The Bertz CT molecular complexity index is 1010. The Morgan fingerprint density at radius 3 is 2.57 bits per heavy atom. The predicted molar refractivity (Wildman–Crippen MR) is 107 cm³/mol. The minimum atomic E-state index is -0.865. The van der Waals surface area contributed by atoms with Crippen LogP contribution in [-0.2, 0) is 4.79 Å². The molecule has 7 heteroatoms. The quantitative estimate of drug-likeness (QED) is 0.794. The third-order valence-corrected chi connectivity index (χ3v) is 4.26. The van der Waals surface area contributed by atoms with E-state index in [2.05, 4.69) is 26.8 Å². The van der Waals surface area contributed by atoms with Gasteiger partial charge in [0.15, 0.2) is 11.5 Å². The van der Waals surface area contributed by atoms with E-state index >= 15 is 0 Å². The fourth-order valence-electron chi connectivity index (χ4n) is 2.88. The largest absolute Gasteiger partial charge is 0.481 e. The molecule has 28 heavy (non-hydrogen) atoms. The van der Waals surface area contributed by atoms with E-state index in [0.29, 0.717) is 17.3 Å². The van der Waals surface area contributed by atoms with Gasteiger partial charge in [-0.15, -0.1) is 0 Å². The third-order valence-electron chi connectivity index (χ3n) is 4.26. The topological polar surface area (TPSA) is 111 Å². The molecule has 0 saturated carbocycles. The lowest BCUT2D eigenvalue weighted by molar-refractivity contribution is -0.138. The first-order valence-electron chi connectivity index (χ1n) is 8.81. The molecule has 0 spiro atoms. The summed E-state index contributed by atoms with van der Waals surface area (Å²) in [6.45, 7) is 7.44. The zero-order valence-corrected chi connectivity index (χ0v) is 16.3. The summed E-state index contributed by atoms with van der Waals surface area (Å²) in [6.07, 6.45) is 1.34. The van der Waals surface area contributed by atoms with Crippen LogP contribution in [0.4, 0.5) is 11.5 Å². The summed E-state index contributed by atoms with van der Waals surface area (Å²) in [6, 6.07) is 7.56. The van der Waals surface area contributed by atoms with Crippen molar-refractivity contribution in [2.45, 2.75) is 39.7 Å². The van der Waals surface area contributed by atoms with Crippen molar-refractivity contribution in [1.82, 2.24) is 9.97 Å². The summed E-state index contributed by atoms with van der Waals surface area (Å²) < 4.78 is 5.98. The number of nitrogens with zero attached hydrogens (tertiary/aromatic N) is 3. The predicted octanol–water partition coefficient (Wildman–Crippen LogP) is 3.20. The van der Waals surface area contributed by atoms with Gasteiger partial charge in [0.25, 0.3) is 0 Å². The second-order valence-corrected chi connectivity index (χ2v) is 7.77. The van der Waals surface area contributed by atoms with Gasteiger partial charge in [0.2, 0.25) is 5.88 Å². The van der Waals surface area contributed by atoms with Gasteiger partial charge in [0, 0.05) is 16.5 Å². The van der Waals surface area contributed by atoms with Crippen LogP contribution in [0.1, 0.15) is 45.2 Å². The SMILES string of the molecule is CC(C)(C#Cc1ccc(C2=Nc3c(N)ncnc3OC2(C)C)cc1)CC(=O)O. The number of nitrogens with two attached hydrogens (primary N) is 1. The van der Waals surface area contributed by atoms with Gasteiger partial charge in [0.05, 0.1) is 12.1 Å². The molecule has 1 aromatic carbocycles. The van der Waals surface area contributed by atoms with Crippen molar-refractivity contribution < 1.29 is 14.6 Å². The standard InChI is InChI=1S/C21H22N4O3/c1-20(2,11-15(26)27)10-9-13-5-7-14(8-6-13)17-21(3,4)28-19-16(25-17)18(22)23-12-24-19/h5-8,12H,11H2,1-4H3,(H,26,27)(H2,22,23,24). The molecule has 0 bridgehead atoms. The van der Waals surface area contributed by atoms with E-state index in [0.717, 1.165) is 11.1 Å². The maximum absolute atomic E-state index is 10.9. The minimum absolute atomic E-state index is 0.0106. The van der Waals surface area contributed by atoms with Crippen molar-refractivity contribution in [3.63, 3.8) is 0 Å². The Balaban J connectivity index is 1.92. The van der Waals surface area contributed by atoms with Crippen LogP contribution in [0.3, 0.4) is 0 Å². The summed E-state index contributed by atoms with van der Waals surface area (Å²) in [5, 5.41) is 8.95. The van der Waals surface area contributed by atoms with Crippen LogP contribution < -0.4 is 10.5 Å². The van der Waals surface area contributed by atoms with Gasteiger partial charge in [-0.3, -0.25) is 4.79 Å². The molecule has 144 valence electrons. The van der Waals surface area contributed by atoms with Crippen LogP contribution in [0.15, 0.2) is 35.6 Å². The summed E-state index contributed by atoms with van der Waals surface area (Å²) >= 11 is 0. The second kappa shape index (κ2) is 6.97. The van der Waals surface area contributed by atoms with E-state index in [-0.39, 0.29) is 12.2 Å². The van der Waals surface area contributed by atoms with E-state index in [9.17, 15) is 4.79 Å². The lowest BCUT2D eigenvalue weighted by Gasteiger charge is -2.32. The Kier molecular flexibility index (Phi) is 4.82. The number of nitrogen functional groups attached to an aromatic ring is 1. The molecule has 1 aliphatic heterocycles. The summed E-state index contributed by atoms with van der Waals surface area (Å²) in [7, 11) is 0. The molecule has 0 amide bonds. The molecule has 0 unspecified atom stereocenters. The van der Waals surface area contributed by atoms with E-state index in [1.54, 1.807) is 0 Å². The molecule has 3 N–H and O–H groups in total. The number of anilines is 1. The second-order valence-electron chi connectivity index (χ2n) is 7.77. The zero-order valence-electron chi connectivity index (χ0n) is 16.3. The van der Waals surface area contributed by atoms with Crippen LogP contribution >= 0.6 is 0 Å². The lowest BCUT2D eigenvalue weighted by atomic mass is 9.89. The van der Waals surface area contributed by atoms with Crippen LogP contribution in [0.2, 0.25) is 0 Å². The van der Waals surface area contributed by atoms with Crippen molar-refractivity contribution in [3.05, 3.63) is 41.7 Å². The highest BCUT2D eigenvalue weighted by Crippen LogP contribution is 2.38. The molecule has 0 atom stereocenters. The molecule has 0 radical (unpaired) electrons. The molecule has 3 rings (SSSR count). The summed E-state index contributed by atoms with van der Waals surface area (Å²) in [5.41, 5.74) is 7.42. The van der Waals surface area contributed by atoms with Gasteiger partial charge in [0.1, 0.15) is 11.9 Å². The first kappa shape index (κ1) is 19.4. The highest BCUT2D eigenvalue weighted by Gasteiger charge is 2.35. The fourth-order valence-corrected chi connectivity index (χ4v) is 2.88. The Morgan fingerprint density at radius 1 is 1.25 bits per heavy atom. The van der Waals surface area contributed by atoms with Gasteiger partial charge >= 0.3 is 5.97 Å². The average molecular weight is 378 g/mol. The molecular weight excluding hydrogens is 356 g/mol. The van der Waals surface area contributed by atoms with Crippen molar-refractivity contribution in [1.29, 1.82) is 0 Å². The summed E-state index contributed by atoms with van der Waals surface area (Å²) in [4.78, 5) is 23.6. The van der Waals surface area contributed by atoms with E-state index < -0.39 is 17.0 Å². The molecule has 0 fully saturated rings. The Morgan fingerprint density at radius 2 is 1.93 bits per heavy atom. The molecule has 2 aromatic rings. The highest BCUT2D eigenvalue weighted by molar-refractivity contribution is 6.09. The van der Waals surface area contributed by atoms with Gasteiger partial charge in [-0.2, -0.15) is 4.98 Å². The highest BCUT2D eigenvalue weighted by atomic mass is 16.5. The number of benzene rings is 1. The first-order valence-corrected chi connectivity index (χ1v) is 8.81. The van der Waals surface area contributed by atoms with Crippen LogP contribution in [0, 0.1) is 17.3 Å². The van der Waals surface area contributed by atoms with Crippen molar-refractivity contribution in [3.8, 4) is 17.7 Å². The number of carboxylic acids is 1. The smallest absolute Gasteiger partial charge is 0.304 e. The number of rotatable bonds is 3. The van der Waals surface area contributed by atoms with Crippen LogP contribution in [-0.4, -0.2) is 32.4 Å². The number of fused-ring (bicyclic) bond motifs is 1. The van der Waals surface area contributed by atoms with E-state index in [4.69, 9.17) is 15.6 Å². The minimum Gasteiger partial charge on any atom is -0.481 e.